The predicted octanol–water partition coefficient (Wildman–Crippen LogP) is 1.90. The van der Waals surface area contributed by atoms with Gasteiger partial charge in [0.2, 0.25) is 0 Å². The zero-order chi connectivity index (χ0) is 13.3. The Balaban J connectivity index is 2.48. The summed E-state index contributed by atoms with van der Waals surface area (Å²) >= 11 is 0. The van der Waals surface area contributed by atoms with Crippen molar-refractivity contribution in [2.45, 2.75) is 26.8 Å². The van der Waals surface area contributed by atoms with Crippen LogP contribution >= 0.6 is 0 Å². The molecule has 2 rings (SSSR count). The molecule has 0 aliphatic carbocycles. The lowest BCUT2D eigenvalue weighted by atomic mass is 9.97. The molecule has 1 unspecified atom stereocenters. The average Bonchev–Trinajstić information content (AvgIpc) is 2.59. The third-order valence-electron chi connectivity index (χ3n) is 3.43. The van der Waals surface area contributed by atoms with Crippen molar-refractivity contribution in [2.24, 2.45) is 12.9 Å². The van der Waals surface area contributed by atoms with Gasteiger partial charge in [0.1, 0.15) is 0 Å². The summed E-state index contributed by atoms with van der Waals surface area (Å²) in [5, 5.41) is 4.44. The lowest BCUT2D eigenvalue weighted by Gasteiger charge is -2.17. The van der Waals surface area contributed by atoms with Crippen molar-refractivity contribution >= 4 is 0 Å². The van der Waals surface area contributed by atoms with Gasteiger partial charge in [0.05, 0.1) is 11.7 Å². The zero-order valence-electron chi connectivity index (χ0n) is 11.4. The monoisotopic (exact) mass is 244 g/mol. The molecule has 0 bridgehead atoms. The molecule has 4 heteroatoms. The fourth-order valence-electron chi connectivity index (χ4n) is 2.31. The Hall–Kier alpha value is -1.65. The summed E-state index contributed by atoms with van der Waals surface area (Å²) < 4.78 is 1.89. The third kappa shape index (κ3) is 2.17. The molecule has 0 spiro atoms. The van der Waals surface area contributed by atoms with Gasteiger partial charge in [0, 0.05) is 18.3 Å². The van der Waals surface area contributed by atoms with E-state index >= 15 is 0 Å². The third-order valence-corrected chi connectivity index (χ3v) is 3.43. The van der Waals surface area contributed by atoms with Gasteiger partial charge in [-0.1, -0.05) is 29.8 Å². The Kier molecular flexibility index (Phi) is 3.50. The van der Waals surface area contributed by atoms with Crippen LogP contribution in [0.5, 0.6) is 0 Å². The van der Waals surface area contributed by atoms with E-state index in [0.29, 0.717) is 0 Å². The van der Waals surface area contributed by atoms with Crippen LogP contribution in [0.1, 0.15) is 34.1 Å². The van der Waals surface area contributed by atoms with Crippen molar-refractivity contribution in [2.75, 3.05) is 0 Å². The summed E-state index contributed by atoms with van der Waals surface area (Å²) in [6.45, 7) is 6.16. The maximum Gasteiger partial charge on any atom is 0.0746 e. The van der Waals surface area contributed by atoms with Crippen LogP contribution in [0.4, 0.5) is 0 Å². The number of hydrogen-bond acceptors (Lipinski definition) is 3. The first-order valence-electron chi connectivity index (χ1n) is 6.07. The Morgan fingerprint density at radius 1 is 1.17 bits per heavy atom. The molecule has 0 aliphatic heterocycles. The van der Waals surface area contributed by atoms with Gasteiger partial charge in [-0.05, 0) is 26.3 Å². The zero-order valence-corrected chi connectivity index (χ0v) is 11.4. The summed E-state index contributed by atoms with van der Waals surface area (Å²) in [6.07, 6.45) is 0. The number of hydrogen-bond donors (Lipinski definition) is 2. The smallest absolute Gasteiger partial charge is 0.0746 e. The van der Waals surface area contributed by atoms with E-state index in [9.17, 15) is 0 Å². The second-order valence-corrected chi connectivity index (χ2v) is 4.72. The molecule has 4 nitrogen and oxygen atoms in total. The van der Waals surface area contributed by atoms with Crippen LogP contribution in [0, 0.1) is 20.8 Å². The number of aryl methyl sites for hydroxylation is 3. The van der Waals surface area contributed by atoms with E-state index in [1.165, 1.54) is 5.56 Å². The second kappa shape index (κ2) is 4.92. The van der Waals surface area contributed by atoms with Gasteiger partial charge in [-0.25, -0.2) is 5.43 Å². The van der Waals surface area contributed by atoms with E-state index in [4.69, 9.17) is 5.84 Å². The lowest BCUT2D eigenvalue weighted by molar-refractivity contribution is 0.628. The Morgan fingerprint density at radius 3 is 2.22 bits per heavy atom. The number of rotatable bonds is 3. The van der Waals surface area contributed by atoms with Crippen molar-refractivity contribution in [1.29, 1.82) is 0 Å². The van der Waals surface area contributed by atoms with E-state index in [1.807, 2.05) is 18.7 Å². The maximum absolute atomic E-state index is 5.73. The highest BCUT2D eigenvalue weighted by molar-refractivity contribution is 5.37. The minimum Gasteiger partial charge on any atom is -0.272 e. The van der Waals surface area contributed by atoms with Crippen molar-refractivity contribution in [3.63, 3.8) is 0 Å². The molecular formula is C14H20N4. The first-order chi connectivity index (χ1) is 8.54. The normalized spacial score (nSPS) is 12.7. The van der Waals surface area contributed by atoms with E-state index in [-0.39, 0.29) is 6.04 Å². The average molecular weight is 244 g/mol. The molecule has 1 atom stereocenters. The van der Waals surface area contributed by atoms with Gasteiger partial charge >= 0.3 is 0 Å². The maximum atomic E-state index is 5.73. The highest BCUT2D eigenvalue weighted by atomic mass is 15.3. The van der Waals surface area contributed by atoms with Crippen molar-refractivity contribution in [1.82, 2.24) is 15.2 Å². The largest absolute Gasteiger partial charge is 0.272 e. The molecule has 0 radical (unpaired) electrons. The van der Waals surface area contributed by atoms with Crippen LogP contribution in [0.25, 0.3) is 0 Å². The lowest BCUT2D eigenvalue weighted by Crippen LogP contribution is -2.29. The van der Waals surface area contributed by atoms with Gasteiger partial charge in [-0.15, -0.1) is 0 Å². The molecule has 0 saturated carbocycles. The first kappa shape index (κ1) is 12.8. The number of nitrogens with zero attached hydrogens (tertiary/aromatic N) is 2. The molecular weight excluding hydrogens is 224 g/mol. The van der Waals surface area contributed by atoms with Gasteiger partial charge in [-0.3, -0.25) is 10.5 Å². The Bertz CT molecular complexity index is 540. The van der Waals surface area contributed by atoms with Gasteiger partial charge in [-0.2, -0.15) is 5.10 Å². The highest BCUT2D eigenvalue weighted by Crippen LogP contribution is 2.26. The molecule has 18 heavy (non-hydrogen) atoms. The van der Waals surface area contributed by atoms with Crippen molar-refractivity contribution < 1.29 is 0 Å². The number of aromatic nitrogens is 2. The van der Waals surface area contributed by atoms with E-state index in [1.54, 1.807) is 0 Å². The number of nitrogens with one attached hydrogen (secondary N) is 1. The van der Waals surface area contributed by atoms with Crippen LogP contribution in [-0.2, 0) is 7.05 Å². The molecule has 0 aliphatic rings. The van der Waals surface area contributed by atoms with Crippen molar-refractivity contribution in [3.8, 4) is 0 Å². The number of benzene rings is 1. The van der Waals surface area contributed by atoms with Crippen LogP contribution in [-0.4, -0.2) is 9.78 Å². The minimum atomic E-state index is -0.0145. The topological polar surface area (TPSA) is 55.9 Å². The number of hydrazine groups is 1. The molecule has 96 valence electrons. The van der Waals surface area contributed by atoms with Crippen LogP contribution < -0.4 is 11.3 Å². The van der Waals surface area contributed by atoms with Gasteiger partial charge < -0.3 is 0 Å². The van der Waals surface area contributed by atoms with E-state index in [2.05, 4.69) is 48.6 Å². The molecule has 3 N–H and O–H groups in total. The fraction of sp³-hybridized carbons (Fsp3) is 0.357. The fourth-order valence-corrected chi connectivity index (χ4v) is 2.31. The molecule has 1 aromatic heterocycles. The molecule has 1 heterocycles. The van der Waals surface area contributed by atoms with Gasteiger partial charge in [0.15, 0.2) is 0 Å². The minimum absolute atomic E-state index is 0.0145. The Morgan fingerprint density at radius 2 is 1.78 bits per heavy atom. The van der Waals surface area contributed by atoms with Crippen LogP contribution in [0.2, 0.25) is 0 Å². The van der Waals surface area contributed by atoms with Crippen LogP contribution in [0.15, 0.2) is 24.3 Å². The predicted molar refractivity (Wildman–Crippen MR) is 73.0 cm³/mol. The molecule has 0 amide bonds. The van der Waals surface area contributed by atoms with E-state index in [0.717, 1.165) is 22.5 Å². The van der Waals surface area contributed by atoms with Crippen LogP contribution in [0.3, 0.4) is 0 Å². The second-order valence-electron chi connectivity index (χ2n) is 4.72. The number of nitrogens with two attached hydrogens (primary N) is 1. The standard InChI is InChI=1S/C14H20N4/c1-9-5-7-12(8-6-9)14(16-15)13-10(2)17-18(4)11(13)3/h5-8,14,16H,15H2,1-4H3. The Labute approximate surface area is 108 Å². The summed E-state index contributed by atoms with van der Waals surface area (Å²) in [6, 6.07) is 8.39. The first-order valence-corrected chi connectivity index (χ1v) is 6.07. The van der Waals surface area contributed by atoms with Gasteiger partial charge in [0.25, 0.3) is 0 Å². The molecule has 2 aromatic rings. The molecule has 0 fully saturated rings. The summed E-state index contributed by atoms with van der Waals surface area (Å²) in [5.41, 5.74) is 8.60. The highest BCUT2D eigenvalue weighted by Gasteiger charge is 2.20. The summed E-state index contributed by atoms with van der Waals surface area (Å²) in [4.78, 5) is 0. The molecule has 1 aromatic carbocycles. The van der Waals surface area contributed by atoms with Crippen molar-refractivity contribution in [3.05, 3.63) is 52.3 Å². The SMILES string of the molecule is Cc1ccc(C(NN)c2c(C)nn(C)c2C)cc1. The summed E-state index contributed by atoms with van der Waals surface area (Å²) in [7, 11) is 1.95. The molecule has 0 saturated heterocycles. The van der Waals surface area contributed by atoms with E-state index < -0.39 is 0 Å². The quantitative estimate of drug-likeness (QED) is 0.640. The summed E-state index contributed by atoms with van der Waals surface area (Å²) in [5.74, 6) is 5.73.